The molecule has 104 valence electrons. The van der Waals surface area contributed by atoms with Gasteiger partial charge in [0.15, 0.2) is 0 Å². The lowest BCUT2D eigenvalue weighted by Crippen LogP contribution is -2.41. The van der Waals surface area contributed by atoms with Crippen LogP contribution in [0.5, 0.6) is 0 Å². The van der Waals surface area contributed by atoms with Gasteiger partial charge in [0.05, 0.1) is 0 Å². The molecule has 1 aliphatic heterocycles. The average molecular weight is 252 g/mol. The quantitative estimate of drug-likeness (QED) is 0.834. The van der Waals surface area contributed by atoms with Gasteiger partial charge in [-0.3, -0.25) is 4.79 Å². The highest BCUT2D eigenvalue weighted by atomic mass is 16.2. The van der Waals surface area contributed by atoms with Gasteiger partial charge in [-0.15, -0.1) is 0 Å². The fourth-order valence-corrected chi connectivity index (χ4v) is 3.26. The first-order chi connectivity index (χ1) is 8.75. The predicted molar refractivity (Wildman–Crippen MR) is 74.5 cm³/mol. The largest absolute Gasteiger partial charge is 0.342 e. The molecule has 0 aromatic rings. The number of carbonyl (C=O) groups is 1. The Hall–Kier alpha value is -0.570. The zero-order valence-electron chi connectivity index (χ0n) is 11.8. The molecule has 0 bridgehead atoms. The molecule has 3 heteroatoms. The van der Waals surface area contributed by atoms with Gasteiger partial charge in [-0.05, 0) is 31.6 Å². The summed E-state index contributed by atoms with van der Waals surface area (Å²) in [6.45, 7) is 5.07. The van der Waals surface area contributed by atoms with Crippen molar-refractivity contribution in [2.45, 2.75) is 64.3 Å². The molecule has 0 radical (unpaired) electrons. The zero-order valence-corrected chi connectivity index (χ0v) is 11.8. The second-order valence-corrected chi connectivity index (χ2v) is 6.13. The van der Waals surface area contributed by atoms with Crippen LogP contribution in [0.15, 0.2) is 0 Å². The van der Waals surface area contributed by atoms with E-state index >= 15 is 0 Å². The standard InChI is InChI=1S/C15H28N2O/c1-13-6-5-11-17(12-13)15(18)9-10-16-14-7-3-2-4-8-14/h13-14,16H,2-12H2,1H3. The Bertz CT molecular complexity index is 261. The van der Waals surface area contributed by atoms with E-state index in [1.54, 1.807) is 0 Å². The molecular formula is C15H28N2O. The van der Waals surface area contributed by atoms with Crippen LogP contribution >= 0.6 is 0 Å². The molecule has 2 fully saturated rings. The summed E-state index contributed by atoms with van der Waals surface area (Å²) in [7, 11) is 0. The maximum absolute atomic E-state index is 12.1. The topological polar surface area (TPSA) is 32.3 Å². The summed E-state index contributed by atoms with van der Waals surface area (Å²) in [4.78, 5) is 14.1. The van der Waals surface area contributed by atoms with Crippen molar-refractivity contribution in [1.82, 2.24) is 10.2 Å². The number of likely N-dealkylation sites (tertiary alicyclic amines) is 1. The van der Waals surface area contributed by atoms with Crippen molar-refractivity contribution in [3.05, 3.63) is 0 Å². The van der Waals surface area contributed by atoms with E-state index in [1.165, 1.54) is 44.9 Å². The molecule has 3 nitrogen and oxygen atoms in total. The summed E-state index contributed by atoms with van der Waals surface area (Å²) in [5.74, 6) is 1.04. The molecular weight excluding hydrogens is 224 g/mol. The van der Waals surface area contributed by atoms with Crippen molar-refractivity contribution in [3.8, 4) is 0 Å². The third-order valence-electron chi connectivity index (χ3n) is 4.39. The molecule has 0 aromatic carbocycles. The second-order valence-electron chi connectivity index (χ2n) is 6.13. The highest BCUT2D eigenvalue weighted by molar-refractivity contribution is 5.76. The van der Waals surface area contributed by atoms with Crippen LogP contribution in [0.1, 0.15) is 58.3 Å². The van der Waals surface area contributed by atoms with Crippen LogP contribution in [0.3, 0.4) is 0 Å². The van der Waals surface area contributed by atoms with Gasteiger partial charge in [-0.1, -0.05) is 26.2 Å². The number of rotatable bonds is 4. The van der Waals surface area contributed by atoms with Crippen LogP contribution < -0.4 is 5.32 Å². The minimum absolute atomic E-state index is 0.352. The average Bonchev–Trinajstić information content (AvgIpc) is 2.40. The Morgan fingerprint density at radius 2 is 1.94 bits per heavy atom. The van der Waals surface area contributed by atoms with E-state index in [1.807, 2.05) is 0 Å². The van der Waals surface area contributed by atoms with Gasteiger partial charge in [0, 0.05) is 32.1 Å². The number of hydrogen-bond donors (Lipinski definition) is 1. The van der Waals surface area contributed by atoms with Gasteiger partial charge in [0.1, 0.15) is 0 Å². The first kappa shape index (κ1) is 13.9. The molecule has 0 aromatic heterocycles. The van der Waals surface area contributed by atoms with E-state index in [0.29, 0.717) is 24.3 Å². The van der Waals surface area contributed by atoms with E-state index in [9.17, 15) is 4.79 Å². The number of hydrogen-bond acceptors (Lipinski definition) is 2. The Labute approximate surface area is 111 Å². The van der Waals surface area contributed by atoms with Crippen LogP contribution in [0.4, 0.5) is 0 Å². The fourth-order valence-electron chi connectivity index (χ4n) is 3.26. The normalized spacial score (nSPS) is 26.3. The van der Waals surface area contributed by atoms with Crippen molar-refractivity contribution in [2.24, 2.45) is 5.92 Å². The lowest BCUT2D eigenvalue weighted by molar-refractivity contribution is -0.132. The van der Waals surface area contributed by atoms with Gasteiger partial charge in [0.25, 0.3) is 0 Å². The SMILES string of the molecule is CC1CCCN(C(=O)CCNC2CCCCC2)C1. The molecule has 1 heterocycles. The third-order valence-corrected chi connectivity index (χ3v) is 4.39. The Kier molecular flexibility index (Phi) is 5.48. The van der Waals surface area contributed by atoms with Crippen LogP contribution in [0, 0.1) is 5.92 Å². The molecule has 0 spiro atoms. The maximum Gasteiger partial charge on any atom is 0.223 e. The van der Waals surface area contributed by atoms with Crippen molar-refractivity contribution >= 4 is 5.91 Å². The van der Waals surface area contributed by atoms with E-state index in [0.717, 1.165) is 19.6 Å². The van der Waals surface area contributed by atoms with E-state index in [4.69, 9.17) is 0 Å². The van der Waals surface area contributed by atoms with Crippen molar-refractivity contribution < 1.29 is 4.79 Å². The van der Waals surface area contributed by atoms with Crippen molar-refractivity contribution in [2.75, 3.05) is 19.6 Å². The van der Waals surface area contributed by atoms with E-state index in [-0.39, 0.29) is 0 Å². The zero-order chi connectivity index (χ0) is 12.8. The number of carbonyl (C=O) groups excluding carboxylic acids is 1. The van der Waals surface area contributed by atoms with Crippen LogP contribution in [-0.4, -0.2) is 36.5 Å². The Balaban J connectivity index is 1.61. The highest BCUT2D eigenvalue weighted by Gasteiger charge is 2.20. The van der Waals surface area contributed by atoms with Gasteiger partial charge >= 0.3 is 0 Å². The molecule has 2 aliphatic rings. The summed E-state index contributed by atoms with van der Waals surface area (Å²) < 4.78 is 0. The molecule has 1 saturated heterocycles. The Morgan fingerprint density at radius 3 is 2.67 bits per heavy atom. The summed E-state index contributed by atoms with van der Waals surface area (Å²) in [6, 6.07) is 0.673. The van der Waals surface area contributed by atoms with Gasteiger partial charge in [-0.25, -0.2) is 0 Å². The minimum Gasteiger partial charge on any atom is -0.342 e. The summed E-state index contributed by atoms with van der Waals surface area (Å²) in [5.41, 5.74) is 0. The molecule has 1 saturated carbocycles. The summed E-state index contributed by atoms with van der Waals surface area (Å²) in [6.07, 6.45) is 9.85. The number of nitrogens with zero attached hydrogens (tertiary/aromatic N) is 1. The van der Waals surface area contributed by atoms with Crippen LogP contribution in [0.25, 0.3) is 0 Å². The minimum atomic E-state index is 0.352. The molecule has 2 rings (SSSR count). The van der Waals surface area contributed by atoms with Crippen LogP contribution in [0.2, 0.25) is 0 Å². The highest BCUT2D eigenvalue weighted by Crippen LogP contribution is 2.18. The monoisotopic (exact) mass is 252 g/mol. The number of amides is 1. The lowest BCUT2D eigenvalue weighted by Gasteiger charge is -2.31. The number of piperidine rings is 1. The summed E-state index contributed by atoms with van der Waals surface area (Å²) in [5, 5.41) is 3.56. The lowest BCUT2D eigenvalue weighted by atomic mass is 9.95. The van der Waals surface area contributed by atoms with E-state index < -0.39 is 0 Å². The molecule has 1 N–H and O–H groups in total. The number of nitrogens with one attached hydrogen (secondary N) is 1. The molecule has 1 aliphatic carbocycles. The fraction of sp³-hybridized carbons (Fsp3) is 0.933. The predicted octanol–water partition coefficient (Wildman–Crippen LogP) is 2.56. The van der Waals surface area contributed by atoms with Crippen LogP contribution in [-0.2, 0) is 4.79 Å². The molecule has 18 heavy (non-hydrogen) atoms. The first-order valence-electron chi connectivity index (χ1n) is 7.77. The molecule has 1 unspecified atom stereocenters. The molecule has 1 amide bonds. The van der Waals surface area contributed by atoms with Gasteiger partial charge in [-0.2, -0.15) is 0 Å². The first-order valence-corrected chi connectivity index (χ1v) is 7.77. The van der Waals surface area contributed by atoms with E-state index in [2.05, 4.69) is 17.1 Å². The maximum atomic E-state index is 12.1. The van der Waals surface area contributed by atoms with Crippen molar-refractivity contribution in [1.29, 1.82) is 0 Å². The Morgan fingerprint density at radius 1 is 1.17 bits per heavy atom. The van der Waals surface area contributed by atoms with Crippen molar-refractivity contribution in [3.63, 3.8) is 0 Å². The smallest absolute Gasteiger partial charge is 0.223 e. The van der Waals surface area contributed by atoms with Gasteiger partial charge in [0.2, 0.25) is 5.91 Å². The summed E-state index contributed by atoms with van der Waals surface area (Å²) >= 11 is 0. The molecule has 1 atom stereocenters. The third kappa shape index (κ3) is 4.27. The second kappa shape index (κ2) is 7.13. The van der Waals surface area contributed by atoms with Gasteiger partial charge < -0.3 is 10.2 Å².